The van der Waals surface area contributed by atoms with Crippen molar-refractivity contribution in [3.8, 4) is 0 Å². The molecule has 3 aromatic carbocycles. The molecule has 1 aromatic heterocycles. The van der Waals surface area contributed by atoms with E-state index < -0.39 is 5.92 Å². The molecular formula is C29H26ClN5O2. The van der Waals surface area contributed by atoms with Gasteiger partial charge in [-0.2, -0.15) is 0 Å². The Hall–Kier alpha value is -4.07. The van der Waals surface area contributed by atoms with Crippen molar-refractivity contribution in [2.24, 2.45) is 4.99 Å². The summed E-state index contributed by atoms with van der Waals surface area (Å²) in [4.78, 5) is 38.5. The van der Waals surface area contributed by atoms with E-state index in [2.05, 4.69) is 10.3 Å². The zero-order valence-electron chi connectivity index (χ0n) is 20.8. The molecule has 0 bridgehead atoms. The molecule has 186 valence electrons. The van der Waals surface area contributed by atoms with Crippen molar-refractivity contribution in [3.63, 3.8) is 0 Å². The number of hydrogen-bond donors (Lipinski definition) is 1. The van der Waals surface area contributed by atoms with Crippen LogP contribution in [0.15, 0.2) is 84.0 Å². The lowest BCUT2D eigenvalue weighted by atomic mass is 9.90. The summed E-state index contributed by atoms with van der Waals surface area (Å²) in [5.74, 6) is -0.775. The van der Waals surface area contributed by atoms with Crippen LogP contribution in [-0.4, -0.2) is 55.1 Å². The second-order valence-electron chi connectivity index (χ2n) is 9.27. The van der Waals surface area contributed by atoms with Gasteiger partial charge in [0.2, 0.25) is 11.8 Å². The minimum atomic E-state index is -0.606. The van der Waals surface area contributed by atoms with Gasteiger partial charge in [-0.1, -0.05) is 29.8 Å². The van der Waals surface area contributed by atoms with Crippen molar-refractivity contribution in [2.75, 3.05) is 37.9 Å². The lowest BCUT2D eigenvalue weighted by Crippen LogP contribution is -2.34. The average molecular weight is 512 g/mol. The van der Waals surface area contributed by atoms with Crippen molar-refractivity contribution < 1.29 is 9.59 Å². The SMILES string of the molecule is CN(C)CC(=O)N(C)c1ccc(N=C(c2ccc3ncccc3c2)C2C(=O)Nc3cc(Cl)ccc32)cc1. The van der Waals surface area contributed by atoms with E-state index in [0.717, 1.165) is 27.7 Å². The summed E-state index contributed by atoms with van der Waals surface area (Å²) in [6.45, 7) is 0.317. The number of nitrogens with zero attached hydrogens (tertiary/aromatic N) is 4. The number of aliphatic imine (C=N–C) groups is 1. The molecule has 7 nitrogen and oxygen atoms in total. The first-order chi connectivity index (χ1) is 17.8. The summed E-state index contributed by atoms with van der Waals surface area (Å²) in [6.07, 6.45) is 1.75. The summed E-state index contributed by atoms with van der Waals surface area (Å²) < 4.78 is 0. The standard InChI is InChI=1S/C29H26ClN5O2/c1-34(2)17-26(36)35(3)22-10-8-21(9-11-22)32-28(19-6-13-24-18(15-19)5-4-14-31-24)27-23-12-7-20(30)16-25(23)33-29(27)37/h4-16,27H,17H2,1-3H3,(H,33,37). The lowest BCUT2D eigenvalue weighted by molar-refractivity contribution is -0.119. The van der Waals surface area contributed by atoms with E-state index in [4.69, 9.17) is 16.6 Å². The molecule has 4 aromatic rings. The number of halogens is 1. The van der Waals surface area contributed by atoms with Crippen LogP contribution >= 0.6 is 11.6 Å². The molecule has 5 rings (SSSR count). The number of benzene rings is 3. The van der Waals surface area contributed by atoms with E-state index in [1.807, 2.05) is 79.7 Å². The van der Waals surface area contributed by atoms with E-state index in [9.17, 15) is 9.59 Å². The van der Waals surface area contributed by atoms with Crippen molar-refractivity contribution >= 4 is 57.1 Å². The molecule has 1 aliphatic rings. The number of anilines is 2. The van der Waals surface area contributed by atoms with Crippen LogP contribution in [0.5, 0.6) is 0 Å². The average Bonchev–Trinajstić information content (AvgIpc) is 3.21. The molecular weight excluding hydrogens is 486 g/mol. The Balaban J connectivity index is 1.57. The van der Waals surface area contributed by atoms with Gasteiger partial charge < -0.3 is 15.1 Å². The molecule has 1 N–H and O–H groups in total. The van der Waals surface area contributed by atoms with Crippen molar-refractivity contribution in [1.29, 1.82) is 0 Å². The Morgan fingerprint density at radius 3 is 2.57 bits per heavy atom. The van der Waals surface area contributed by atoms with Crippen LogP contribution in [0, 0.1) is 0 Å². The third-order valence-electron chi connectivity index (χ3n) is 6.33. The predicted molar refractivity (Wildman–Crippen MR) is 149 cm³/mol. The first-order valence-electron chi connectivity index (χ1n) is 11.9. The third kappa shape index (κ3) is 5.09. The molecule has 2 heterocycles. The number of carbonyl (C=O) groups excluding carboxylic acids is 2. The second-order valence-corrected chi connectivity index (χ2v) is 9.71. The number of hydrogen-bond acceptors (Lipinski definition) is 5. The highest BCUT2D eigenvalue weighted by Crippen LogP contribution is 2.38. The van der Waals surface area contributed by atoms with Crippen LogP contribution < -0.4 is 10.2 Å². The minimum Gasteiger partial charge on any atom is -0.325 e. The molecule has 1 atom stereocenters. The fraction of sp³-hybridized carbons (Fsp3) is 0.172. The van der Waals surface area contributed by atoms with E-state index in [1.165, 1.54) is 0 Å². The predicted octanol–water partition coefficient (Wildman–Crippen LogP) is 5.27. The van der Waals surface area contributed by atoms with Gasteiger partial charge in [-0.15, -0.1) is 0 Å². The van der Waals surface area contributed by atoms with Crippen LogP contribution in [0.3, 0.4) is 0 Å². The molecule has 1 unspecified atom stereocenters. The Morgan fingerprint density at radius 2 is 1.81 bits per heavy atom. The second kappa shape index (κ2) is 10.1. The van der Waals surface area contributed by atoms with Gasteiger partial charge in [0, 0.05) is 35.0 Å². The van der Waals surface area contributed by atoms with Crippen molar-refractivity contribution in [3.05, 3.63) is 95.1 Å². The summed E-state index contributed by atoms with van der Waals surface area (Å²) in [5.41, 5.74) is 5.26. The maximum absolute atomic E-state index is 13.2. The number of nitrogens with one attached hydrogen (secondary N) is 1. The molecule has 0 aliphatic carbocycles. The normalized spacial score (nSPS) is 15.1. The number of amides is 2. The zero-order chi connectivity index (χ0) is 26.1. The molecule has 0 radical (unpaired) electrons. The number of carbonyl (C=O) groups is 2. The highest BCUT2D eigenvalue weighted by Gasteiger charge is 2.35. The van der Waals surface area contributed by atoms with Gasteiger partial charge in [0.1, 0.15) is 5.92 Å². The van der Waals surface area contributed by atoms with E-state index in [1.54, 1.807) is 30.3 Å². The van der Waals surface area contributed by atoms with Gasteiger partial charge in [0.25, 0.3) is 0 Å². The topological polar surface area (TPSA) is 77.9 Å². The smallest absolute Gasteiger partial charge is 0.240 e. The molecule has 2 amide bonds. The first-order valence-corrected chi connectivity index (χ1v) is 12.2. The highest BCUT2D eigenvalue weighted by molar-refractivity contribution is 6.31. The molecule has 1 aliphatic heterocycles. The third-order valence-corrected chi connectivity index (χ3v) is 6.57. The lowest BCUT2D eigenvalue weighted by Gasteiger charge is -2.20. The number of pyridine rings is 1. The summed E-state index contributed by atoms with van der Waals surface area (Å²) in [6, 6.07) is 22.6. The number of aromatic nitrogens is 1. The van der Waals surface area contributed by atoms with Crippen molar-refractivity contribution in [1.82, 2.24) is 9.88 Å². The van der Waals surface area contributed by atoms with Gasteiger partial charge in [-0.05, 0) is 79.8 Å². The van der Waals surface area contributed by atoms with Gasteiger partial charge in [0.05, 0.1) is 23.5 Å². The fourth-order valence-corrected chi connectivity index (χ4v) is 4.62. The van der Waals surface area contributed by atoms with Gasteiger partial charge in [0.15, 0.2) is 0 Å². The number of likely N-dealkylation sites (N-methyl/N-ethyl adjacent to an activating group) is 2. The van der Waals surface area contributed by atoms with Crippen LogP contribution in [0.4, 0.5) is 17.1 Å². The molecule has 8 heteroatoms. The maximum atomic E-state index is 13.2. The molecule has 0 spiro atoms. The van der Waals surface area contributed by atoms with Gasteiger partial charge >= 0.3 is 0 Å². The Morgan fingerprint density at radius 1 is 1.03 bits per heavy atom. The minimum absolute atomic E-state index is 0.00962. The number of fused-ring (bicyclic) bond motifs is 2. The van der Waals surface area contributed by atoms with E-state index in [0.29, 0.717) is 28.7 Å². The van der Waals surface area contributed by atoms with Crippen LogP contribution in [0.25, 0.3) is 10.9 Å². The van der Waals surface area contributed by atoms with Gasteiger partial charge in [-0.25, -0.2) is 0 Å². The summed E-state index contributed by atoms with van der Waals surface area (Å²) in [7, 11) is 5.47. The highest BCUT2D eigenvalue weighted by atomic mass is 35.5. The monoisotopic (exact) mass is 511 g/mol. The Labute approximate surface area is 220 Å². The largest absolute Gasteiger partial charge is 0.325 e. The Kier molecular flexibility index (Phi) is 6.74. The summed E-state index contributed by atoms with van der Waals surface area (Å²) >= 11 is 6.18. The fourth-order valence-electron chi connectivity index (χ4n) is 4.45. The molecule has 37 heavy (non-hydrogen) atoms. The zero-order valence-corrected chi connectivity index (χ0v) is 21.5. The van der Waals surface area contributed by atoms with Crippen LogP contribution in [0.1, 0.15) is 17.0 Å². The summed E-state index contributed by atoms with van der Waals surface area (Å²) in [5, 5.41) is 4.46. The first kappa shape index (κ1) is 24.6. The quantitative estimate of drug-likeness (QED) is 0.358. The van der Waals surface area contributed by atoms with Crippen LogP contribution in [-0.2, 0) is 9.59 Å². The van der Waals surface area contributed by atoms with E-state index in [-0.39, 0.29) is 11.8 Å². The molecule has 0 fully saturated rings. The molecule has 0 saturated heterocycles. The molecule has 0 saturated carbocycles. The number of rotatable bonds is 6. The van der Waals surface area contributed by atoms with Crippen molar-refractivity contribution in [2.45, 2.75) is 5.92 Å². The van der Waals surface area contributed by atoms with Crippen LogP contribution in [0.2, 0.25) is 5.02 Å². The maximum Gasteiger partial charge on any atom is 0.240 e. The van der Waals surface area contributed by atoms with E-state index >= 15 is 0 Å². The van der Waals surface area contributed by atoms with Gasteiger partial charge in [-0.3, -0.25) is 19.6 Å². The Bertz CT molecular complexity index is 1530.